The van der Waals surface area contributed by atoms with Crippen molar-refractivity contribution in [2.24, 2.45) is 0 Å². The second-order valence-corrected chi connectivity index (χ2v) is 17.8. The van der Waals surface area contributed by atoms with Crippen LogP contribution in [0.25, 0.3) is 10.8 Å². The minimum Gasteiger partial charge on any atom is -0.490 e. The van der Waals surface area contributed by atoms with Gasteiger partial charge in [-0.2, -0.15) is 0 Å². The summed E-state index contributed by atoms with van der Waals surface area (Å²) >= 11 is 6.55. The Morgan fingerprint density at radius 1 is 0.407 bits per heavy atom. The van der Waals surface area contributed by atoms with Crippen LogP contribution in [-0.2, 0) is 9.47 Å². The highest BCUT2D eigenvalue weighted by Gasteiger charge is 2.15. The number of aliphatic hydroxyl groups excluding tert-OH is 2. The van der Waals surface area contributed by atoms with E-state index in [-0.39, 0.29) is 26.4 Å². The number of fused-ring (bicyclic) bond motifs is 1. The molecule has 59 heavy (non-hydrogen) atoms. The van der Waals surface area contributed by atoms with Crippen LogP contribution in [0, 0.1) is 0 Å². The summed E-state index contributed by atoms with van der Waals surface area (Å²) in [6.07, 6.45) is 41.6. The number of halogens is 1. The second kappa shape index (κ2) is 39.3. The number of hydrogen-bond donors (Lipinski definition) is 2. The fourth-order valence-corrected chi connectivity index (χ4v) is 8.17. The molecule has 0 heterocycles. The molecule has 0 amide bonds. The number of ether oxygens (including phenoxy) is 4. The Kier molecular flexibility index (Phi) is 35.7. The van der Waals surface area contributed by atoms with Crippen LogP contribution >= 0.6 is 11.6 Å². The van der Waals surface area contributed by atoms with E-state index in [9.17, 15) is 10.2 Å². The first kappa shape index (κ1) is 53.6. The second-order valence-electron chi connectivity index (χ2n) is 17.4. The van der Waals surface area contributed by atoms with Crippen LogP contribution in [0.4, 0.5) is 0 Å². The first-order valence-corrected chi connectivity index (χ1v) is 25.4. The van der Waals surface area contributed by atoms with Crippen molar-refractivity contribution in [3.8, 4) is 11.5 Å². The normalized spacial score (nSPS) is 12.7. The van der Waals surface area contributed by atoms with Crippen LogP contribution < -0.4 is 9.47 Å². The number of rotatable bonds is 44. The molecule has 6 nitrogen and oxygen atoms in total. The largest absolute Gasteiger partial charge is 0.490 e. The van der Waals surface area contributed by atoms with Crippen LogP contribution in [0.15, 0.2) is 30.3 Å². The van der Waals surface area contributed by atoms with Gasteiger partial charge in [0, 0.05) is 24.0 Å². The topological polar surface area (TPSA) is 77.4 Å². The summed E-state index contributed by atoms with van der Waals surface area (Å²) in [6.45, 7) is 6.58. The van der Waals surface area contributed by atoms with Gasteiger partial charge in [0.1, 0.15) is 36.9 Å². The minimum atomic E-state index is -0.754. The van der Waals surface area contributed by atoms with Gasteiger partial charge in [-0.05, 0) is 31.0 Å². The Labute approximate surface area is 368 Å². The number of hydrogen-bond acceptors (Lipinski definition) is 6. The minimum absolute atomic E-state index is 0.0817. The molecular weight excluding hydrogens is 756 g/mol. The number of aliphatic hydroxyl groups is 2. The van der Waals surface area contributed by atoms with E-state index < -0.39 is 12.2 Å². The zero-order valence-electron chi connectivity index (χ0n) is 38.3. The number of unbranched alkanes of at least 4 members (excludes halogenated alkanes) is 30. The Bertz CT molecular complexity index is 1210. The molecule has 2 rings (SSSR count). The molecule has 0 aromatic heterocycles. The SMILES string of the molecule is CCCCCCCCCCCCCCCCCCOCC(O)COc1cccc2c(OCC(O)COCCCCCCCCCCCCCCCCCC)c(Cl)ccc12. The molecule has 0 radical (unpaired) electrons. The summed E-state index contributed by atoms with van der Waals surface area (Å²) < 4.78 is 23.6. The summed E-state index contributed by atoms with van der Waals surface area (Å²) in [5.74, 6) is 1.15. The van der Waals surface area contributed by atoms with E-state index in [0.29, 0.717) is 29.7 Å². The third-order valence-corrected chi connectivity index (χ3v) is 12.0. The molecule has 0 spiro atoms. The number of benzene rings is 2. The van der Waals surface area contributed by atoms with Crippen molar-refractivity contribution in [1.82, 2.24) is 0 Å². The van der Waals surface area contributed by atoms with Crippen molar-refractivity contribution in [3.05, 3.63) is 35.4 Å². The standard InChI is InChI=1S/C52H91ClO6/c1-3-5-7-9-11-13-15-17-19-21-23-25-27-29-31-33-40-56-42-46(54)44-58-51-37-35-36-49-48(51)38-39-50(53)52(49)59-45-47(55)43-57-41-34-32-30-28-26-24-22-20-18-16-14-12-10-8-6-4-2/h35-39,46-47,54-55H,3-34,40-45H2,1-2H3. The van der Waals surface area contributed by atoms with E-state index in [1.165, 1.54) is 193 Å². The molecule has 2 N–H and O–H groups in total. The Balaban J connectivity index is 1.48. The molecular formula is C52H91ClO6. The average Bonchev–Trinajstić information content (AvgIpc) is 3.24. The maximum Gasteiger partial charge on any atom is 0.145 e. The molecule has 0 aliphatic heterocycles. The zero-order valence-corrected chi connectivity index (χ0v) is 39.1. The van der Waals surface area contributed by atoms with Crippen LogP contribution in [0.3, 0.4) is 0 Å². The van der Waals surface area contributed by atoms with Gasteiger partial charge in [-0.3, -0.25) is 0 Å². The van der Waals surface area contributed by atoms with E-state index in [2.05, 4.69) is 13.8 Å². The molecule has 0 saturated heterocycles. The molecule has 7 heteroatoms. The van der Waals surface area contributed by atoms with Crippen LogP contribution in [0.2, 0.25) is 5.02 Å². The fraction of sp³-hybridized carbons (Fsp3) is 0.808. The van der Waals surface area contributed by atoms with E-state index in [1.807, 2.05) is 24.3 Å². The molecule has 2 unspecified atom stereocenters. The molecule has 342 valence electrons. The quantitative estimate of drug-likeness (QED) is 0.0647. The molecule has 0 bridgehead atoms. The van der Waals surface area contributed by atoms with Gasteiger partial charge in [-0.25, -0.2) is 0 Å². The average molecular weight is 848 g/mol. The van der Waals surface area contributed by atoms with E-state index >= 15 is 0 Å². The van der Waals surface area contributed by atoms with Gasteiger partial charge in [0.2, 0.25) is 0 Å². The van der Waals surface area contributed by atoms with E-state index in [4.69, 9.17) is 30.5 Å². The lowest BCUT2D eigenvalue weighted by atomic mass is 10.0. The highest BCUT2D eigenvalue weighted by atomic mass is 35.5. The van der Waals surface area contributed by atoms with Crippen molar-refractivity contribution >= 4 is 22.4 Å². The van der Waals surface area contributed by atoms with Gasteiger partial charge in [0.25, 0.3) is 0 Å². The van der Waals surface area contributed by atoms with Gasteiger partial charge in [-0.1, -0.05) is 230 Å². The summed E-state index contributed by atoms with van der Waals surface area (Å²) in [5.41, 5.74) is 0. The Morgan fingerprint density at radius 3 is 1.15 bits per heavy atom. The highest BCUT2D eigenvalue weighted by Crippen LogP contribution is 2.37. The molecule has 2 aromatic rings. The van der Waals surface area contributed by atoms with Crippen molar-refractivity contribution < 1.29 is 29.2 Å². The fourth-order valence-electron chi connectivity index (χ4n) is 7.95. The van der Waals surface area contributed by atoms with Crippen molar-refractivity contribution in [2.75, 3.05) is 39.6 Å². The predicted octanol–water partition coefficient (Wildman–Crippen LogP) is 15.5. The zero-order chi connectivity index (χ0) is 42.3. The highest BCUT2D eigenvalue weighted by molar-refractivity contribution is 6.33. The van der Waals surface area contributed by atoms with Crippen molar-refractivity contribution in [2.45, 2.75) is 232 Å². The van der Waals surface area contributed by atoms with Crippen LogP contribution in [0.5, 0.6) is 11.5 Å². The van der Waals surface area contributed by atoms with Crippen LogP contribution in [-0.4, -0.2) is 62.1 Å². The molecule has 0 saturated carbocycles. The summed E-state index contributed by atoms with van der Waals surface area (Å²) in [6, 6.07) is 9.38. The van der Waals surface area contributed by atoms with E-state index in [1.54, 1.807) is 6.07 Å². The monoisotopic (exact) mass is 847 g/mol. The summed E-state index contributed by atoms with van der Waals surface area (Å²) in [4.78, 5) is 0. The van der Waals surface area contributed by atoms with Gasteiger partial charge in [0.15, 0.2) is 0 Å². The third kappa shape index (κ3) is 29.4. The maximum absolute atomic E-state index is 10.6. The first-order chi connectivity index (χ1) is 29.1. The first-order valence-electron chi connectivity index (χ1n) is 25.0. The van der Waals surface area contributed by atoms with Gasteiger partial charge in [-0.15, -0.1) is 0 Å². The lowest BCUT2D eigenvalue weighted by Crippen LogP contribution is -2.24. The maximum atomic E-state index is 10.6. The smallest absolute Gasteiger partial charge is 0.145 e. The molecule has 0 aliphatic carbocycles. The van der Waals surface area contributed by atoms with Gasteiger partial charge < -0.3 is 29.2 Å². The molecule has 0 aliphatic rings. The summed E-state index contributed by atoms with van der Waals surface area (Å²) in [5, 5.41) is 23.2. The molecule has 0 fully saturated rings. The molecule has 2 atom stereocenters. The molecule has 2 aromatic carbocycles. The third-order valence-electron chi connectivity index (χ3n) is 11.7. The van der Waals surface area contributed by atoms with Gasteiger partial charge in [0.05, 0.1) is 18.2 Å². The summed E-state index contributed by atoms with van der Waals surface area (Å²) in [7, 11) is 0. The Morgan fingerprint density at radius 2 is 0.763 bits per heavy atom. The Hall–Kier alpha value is -1.57. The van der Waals surface area contributed by atoms with Crippen LogP contribution in [0.1, 0.15) is 219 Å². The van der Waals surface area contributed by atoms with E-state index in [0.717, 1.165) is 23.6 Å². The predicted molar refractivity (Wildman–Crippen MR) is 253 cm³/mol. The van der Waals surface area contributed by atoms with Gasteiger partial charge >= 0.3 is 0 Å². The van der Waals surface area contributed by atoms with Crippen molar-refractivity contribution in [1.29, 1.82) is 0 Å². The van der Waals surface area contributed by atoms with Crippen molar-refractivity contribution in [3.63, 3.8) is 0 Å². The lowest BCUT2D eigenvalue weighted by Gasteiger charge is -2.17. The lowest BCUT2D eigenvalue weighted by molar-refractivity contribution is 0.0110.